The molecule has 0 spiro atoms. The van der Waals surface area contributed by atoms with Crippen molar-refractivity contribution in [2.75, 3.05) is 11.5 Å². The highest BCUT2D eigenvalue weighted by molar-refractivity contribution is 7.80. The smallest absolute Gasteiger partial charge is 0.270 e. The molecule has 0 radical (unpaired) electrons. The number of carbonyl (C=O) groups excluding carboxylic acids is 2. The number of benzene rings is 2. The first-order chi connectivity index (χ1) is 15.9. The van der Waals surface area contributed by atoms with Crippen LogP contribution in [0.4, 0.5) is 11.4 Å². The quantitative estimate of drug-likeness (QED) is 0.193. The van der Waals surface area contributed by atoms with Crippen molar-refractivity contribution in [3.8, 4) is 17.1 Å². The molecule has 3 aromatic rings. The zero-order chi connectivity index (χ0) is 23.5. The van der Waals surface area contributed by atoms with Gasteiger partial charge in [-0.1, -0.05) is 12.1 Å². The van der Waals surface area contributed by atoms with Crippen molar-refractivity contribution in [3.63, 3.8) is 0 Å². The van der Waals surface area contributed by atoms with E-state index in [1.807, 2.05) is 6.92 Å². The van der Waals surface area contributed by atoms with E-state index in [2.05, 4.69) is 5.32 Å². The van der Waals surface area contributed by atoms with Crippen molar-refractivity contribution < 1.29 is 23.7 Å². The van der Waals surface area contributed by atoms with Gasteiger partial charge in [-0.25, -0.2) is 0 Å². The zero-order valence-electron chi connectivity index (χ0n) is 17.3. The Morgan fingerprint density at radius 2 is 1.91 bits per heavy atom. The first-order valence-corrected chi connectivity index (χ1v) is 10.3. The number of anilines is 1. The predicted octanol–water partition coefficient (Wildman–Crippen LogP) is 4.08. The van der Waals surface area contributed by atoms with Crippen molar-refractivity contribution in [1.82, 2.24) is 5.32 Å². The standard InChI is InChI=1S/C23H17N3O6S/c1-2-31-17-8-6-15(7-9-17)25-22(28)19(21(27)24-23(25)33)13-18-10-11-20(32-18)14-4-3-5-16(12-14)26(29)30/h3-13H,2H2,1H3,(H,24,27,33). The van der Waals surface area contributed by atoms with E-state index in [4.69, 9.17) is 21.4 Å². The Labute approximate surface area is 193 Å². The molecule has 0 aliphatic carbocycles. The van der Waals surface area contributed by atoms with Gasteiger partial charge in [-0.3, -0.25) is 29.9 Å². The molecule has 33 heavy (non-hydrogen) atoms. The maximum Gasteiger partial charge on any atom is 0.270 e. The first kappa shape index (κ1) is 21.9. The number of ether oxygens (including phenoxy) is 1. The van der Waals surface area contributed by atoms with Crippen LogP contribution in [-0.4, -0.2) is 28.5 Å². The SMILES string of the molecule is CCOc1ccc(N2C(=O)C(=Cc3ccc(-c4cccc([N+](=O)[O-])c4)o3)C(=O)NC2=S)cc1. The summed E-state index contributed by atoms with van der Waals surface area (Å²) in [6.07, 6.45) is 1.31. The molecule has 9 nitrogen and oxygen atoms in total. The number of thiocarbonyl (C=S) groups is 1. The van der Waals surface area contributed by atoms with Crippen molar-refractivity contribution in [2.24, 2.45) is 0 Å². The van der Waals surface area contributed by atoms with Gasteiger partial charge in [0.1, 0.15) is 22.8 Å². The lowest BCUT2D eigenvalue weighted by atomic mass is 10.1. The van der Waals surface area contributed by atoms with Crippen molar-refractivity contribution in [1.29, 1.82) is 0 Å². The molecule has 1 aromatic heterocycles. The van der Waals surface area contributed by atoms with Crippen LogP contribution >= 0.6 is 12.2 Å². The number of hydrogen-bond donors (Lipinski definition) is 1. The van der Waals surface area contributed by atoms with Crippen molar-refractivity contribution in [2.45, 2.75) is 6.92 Å². The van der Waals surface area contributed by atoms with Gasteiger partial charge in [0, 0.05) is 17.7 Å². The summed E-state index contributed by atoms with van der Waals surface area (Å²) < 4.78 is 11.1. The Morgan fingerprint density at radius 1 is 1.15 bits per heavy atom. The Bertz CT molecular complexity index is 1300. The number of non-ortho nitro benzene ring substituents is 1. The third-order valence-corrected chi connectivity index (χ3v) is 5.05. The Kier molecular flexibility index (Phi) is 6.01. The highest BCUT2D eigenvalue weighted by Gasteiger charge is 2.34. The molecule has 2 aromatic carbocycles. The van der Waals surface area contributed by atoms with E-state index in [9.17, 15) is 19.7 Å². The number of amides is 2. The van der Waals surface area contributed by atoms with Gasteiger partial charge in [0.05, 0.1) is 17.2 Å². The van der Waals surface area contributed by atoms with Gasteiger partial charge >= 0.3 is 0 Å². The van der Waals surface area contributed by atoms with Gasteiger partial charge in [0.2, 0.25) is 0 Å². The average molecular weight is 463 g/mol. The van der Waals surface area contributed by atoms with Crippen LogP contribution in [0.1, 0.15) is 12.7 Å². The van der Waals surface area contributed by atoms with E-state index >= 15 is 0 Å². The van der Waals surface area contributed by atoms with E-state index in [-0.39, 0.29) is 22.1 Å². The largest absolute Gasteiger partial charge is 0.494 e. The fourth-order valence-electron chi connectivity index (χ4n) is 3.25. The van der Waals surface area contributed by atoms with E-state index in [1.54, 1.807) is 48.5 Å². The number of carbonyl (C=O) groups is 2. The molecule has 1 N–H and O–H groups in total. The first-order valence-electron chi connectivity index (χ1n) is 9.86. The highest BCUT2D eigenvalue weighted by atomic mass is 32.1. The summed E-state index contributed by atoms with van der Waals surface area (Å²) in [6, 6.07) is 15.9. The van der Waals surface area contributed by atoms with Gasteiger partial charge in [-0.2, -0.15) is 0 Å². The molecule has 1 saturated heterocycles. The van der Waals surface area contributed by atoms with E-state index in [0.717, 1.165) is 0 Å². The number of nitro groups is 1. The summed E-state index contributed by atoms with van der Waals surface area (Å²) in [6.45, 7) is 2.37. The molecule has 0 bridgehead atoms. The lowest BCUT2D eigenvalue weighted by Crippen LogP contribution is -2.54. The number of rotatable bonds is 6. The van der Waals surface area contributed by atoms with Crippen LogP contribution < -0.4 is 15.0 Å². The monoisotopic (exact) mass is 463 g/mol. The van der Waals surface area contributed by atoms with Crippen LogP contribution in [0.15, 0.2) is 70.7 Å². The highest BCUT2D eigenvalue weighted by Crippen LogP contribution is 2.28. The molecular weight excluding hydrogens is 446 g/mol. The lowest BCUT2D eigenvalue weighted by Gasteiger charge is -2.28. The molecule has 0 saturated carbocycles. The second-order valence-electron chi connectivity index (χ2n) is 6.89. The number of nitro benzene ring substituents is 1. The van der Waals surface area contributed by atoms with Crippen LogP contribution in [-0.2, 0) is 9.59 Å². The molecule has 2 amide bonds. The van der Waals surface area contributed by atoms with E-state index in [1.165, 1.54) is 23.1 Å². The number of furan rings is 1. The molecule has 2 heterocycles. The maximum absolute atomic E-state index is 13.1. The van der Waals surface area contributed by atoms with Gasteiger partial charge in [-0.05, 0) is 61.6 Å². The lowest BCUT2D eigenvalue weighted by molar-refractivity contribution is -0.384. The van der Waals surface area contributed by atoms with Crippen molar-refractivity contribution >= 4 is 46.6 Å². The van der Waals surface area contributed by atoms with Gasteiger partial charge in [-0.15, -0.1) is 0 Å². The molecule has 0 atom stereocenters. The maximum atomic E-state index is 13.1. The molecule has 1 aliphatic heterocycles. The second kappa shape index (κ2) is 9.05. The molecule has 0 unspecified atom stereocenters. The molecule has 10 heteroatoms. The van der Waals surface area contributed by atoms with E-state index < -0.39 is 16.7 Å². The van der Waals surface area contributed by atoms with Crippen LogP contribution in [0.2, 0.25) is 0 Å². The summed E-state index contributed by atoms with van der Waals surface area (Å²) >= 11 is 5.20. The minimum atomic E-state index is -0.652. The summed E-state index contributed by atoms with van der Waals surface area (Å²) in [5.41, 5.74) is 0.712. The fourth-order valence-corrected chi connectivity index (χ4v) is 3.53. The second-order valence-corrected chi connectivity index (χ2v) is 7.28. The number of nitrogens with zero attached hydrogens (tertiary/aromatic N) is 2. The van der Waals surface area contributed by atoms with Crippen LogP contribution in [0, 0.1) is 10.1 Å². The van der Waals surface area contributed by atoms with Crippen LogP contribution in [0.25, 0.3) is 17.4 Å². The average Bonchev–Trinajstić information content (AvgIpc) is 3.27. The zero-order valence-corrected chi connectivity index (χ0v) is 18.1. The Hall–Kier alpha value is -4.31. The minimum Gasteiger partial charge on any atom is -0.494 e. The molecular formula is C23H17N3O6S. The summed E-state index contributed by atoms with van der Waals surface area (Å²) in [5.74, 6) is -0.0371. The van der Waals surface area contributed by atoms with Gasteiger partial charge < -0.3 is 9.15 Å². The summed E-state index contributed by atoms with van der Waals surface area (Å²) in [4.78, 5) is 37.3. The van der Waals surface area contributed by atoms with Gasteiger partial charge in [0.25, 0.3) is 17.5 Å². The fraction of sp³-hybridized carbons (Fsp3) is 0.0870. The number of nitrogens with one attached hydrogen (secondary N) is 1. The molecule has 4 rings (SSSR count). The topological polar surface area (TPSA) is 115 Å². The molecule has 1 aliphatic rings. The van der Waals surface area contributed by atoms with Crippen molar-refractivity contribution in [3.05, 3.63) is 82.1 Å². The number of hydrogen-bond acceptors (Lipinski definition) is 7. The Morgan fingerprint density at radius 3 is 2.61 bits per heavy atom. The van der Waals surface area contributed by atoms with Crippen LogP contribution in [0.5, 0.6) is 5.75 Å². The van der Waals surface area contributed by atoms with Gasteiger partial charge in [0.15, 0.2) is 5.11 Å². The summed E-state index contributed by atoms with van der Waals surface area (Å²) in [7, 11) is 0. The molecule has 1 fully saturated rings. The third kappa shape index (κ3) is 4.51. The minimum absolute atomic E-state index is 0.0389. The predicted molar refractivity (Wildman–Crippen MR) is 125 cm³/mol. The Balaban J connectivity index is 1.63. The van der Waals surface area contributed by atoms with Crippen LogP contribution in [0.3, 0.4) is 0 Å². The normalized spacial score (nSPS) is 15.0. The summed E-state index contributed by atoms with van der Waals surface area (Å²) in [5, 5.41) is 13.5. The molecule has 166 valence electrons. The van der Waals surface area contributed by atoms with E-state index in [0.29, 0.717) is 29.4 Å². The third-order valence-electron chi connectivity index (χ3n) is 4.76.